The van der Waals surface area contributed by atoms with Crippen molar-refractivity contribution in [3.63, 3.8) is 0 Å². The van der Waals surface area contributed by atoms with Crippen molar-refractivity contribution in [2.75, 3.05) is 18.5 Å². The zero-order valence-electron chi connectivity index (χ0n) is 15.9. The maximum Gasteiger partial charge on any atom is 0.262 e. The van der Waals surface area contributed by atoms with E-state index in [0.717, 1.165) is 17.0 Å². The number of pyridine rings is 1. The summed E-state index contributed by atoms with van der Waals surface area (Å²) in [5, 5.41) is 11.3. The molecule has 0 radical (unpaired) electrons. The van der Waals surface area contributed by atoms with Crippen molar-refractivity contribution in [1.29, 1.82) is 0 Å². The quantitative estimate of drug-likeness (QED) is 0.521. The van der Waals surface area contributed by atoms with Crippen molar-refractivity contribution >= 4 is 17.2 Å². The molecule has 2 heterocycles. The zero-order chi connectivity index (χ0) is 20.1. The number of fused-ring (bicyclic) bond motifs is 1. The second-order valence-corrected chi connectivity index (χ2v) is 6.27. The van der Waals surface area contributed by atoms with Crippen molar-refractivity contribution in [2.45, 2.75) is 6.92 Å². The molecule has 1 N–H and O–H groups in total. The van der Waals surface area contributed by atoms with Crippen molar-refractivity contribution in [3.8, 4) is 22.9 Å². The average Bonchev–Trinajstić information content (AvgIpc) is 3.18. The maximum absolute atomic E-state index is 12.3. The van der Waals surface area contributed by atoms with Crippen LogP contribution < -0.4 is 14.8 Å². The summed E-state index contributed by atoms with van der Waals surface area (Å²) in [5.74, 6) is 1.83. The Labute approximate surface area is 167 Å². The number of rotatable bonds is 7. The molecule has 0 aliphatic rings. The fourth-order valence-electron chi connectivity index (χ4n) is 2.92. The van der Waals surface area contributed by atoms with Gasteiger partial charge in [0.05, 0.1) is 6.61 Å². The molecule has 0 aliphatic heterocycles. The first-order valence-corrected chi connectivity index (χ1v) is 9.28. The number of nitrogens with zero attached hydrogens (tertiary/aromatic N) is 3. The minimum atomic E-state index is -0.248. The van der Waals surface area contributed by atoms with Crippen LogP contribution in [0.2, 0.25) is 0 Å². The van der Waals surface area contributed by atoms with E-state index < -0.39 is 0 Å². The number of benzene rings is 2. The SMILES string of the molecule is CCOc1ccc(OCC(=O)Nc2cccc(-c3nnc4ccccn34)c2)cc1. The minimum Gasteiger partial charge on any atom is -0.494 e. The molecular weight excluding hydrogens is 368 g/mol. The van der Waals surface area contributed by atoms with Gasteiger partial charge >= 0.3 is 0 Å². The molecule has 4 aromatic rings. The largest absolute Gasteiger partial charge is 0.494 e. The Morgan fingerprint density at radius 1 is 0.966 bits per heavy atom. The minimum absolute atomic E-state index is 0.0912. The fraction of sp³-hybridized carbons (Fsp3) is 0.136. The van der Waals surface area contributed by atoms with Crippen LogP contribution in [0, 0.1) is 0 Å². The molecule has 4 rings (SSSR count). The molecule has 0 spiro atoms. The van der Waals surface area contributed by atoms with Gasteiger partial charge < -0.3 is 14.8 Å². The van der Waals surface area contributed by atoms with Gasteiger partial charge in [0.15, 0.2) is 18.1 Å². The third kappa shape index (κ3) is 4.35. The lowest BCUT2D eigenvalue weighted by Crippen LogP contribution is -2.20. The number of carbonyl (C=O) groups excluding carboxylic acids is 1. The number of aromatic nitrogens is 3. The molecule has 0 bridgehead atoms. The summed E-state index contributed by atoms with van der Waals surface area (Å²) in [6, 6.07) is 20.4. The molecule has 2 aromatic carbocycles. The van der Waals surface area contributed by atoms with Crippen LogP contribution in [0.25, 0.3) is 17.0 Å². The number of hydrogen-bond donors (Lipinski definition) is 1. The third-order valence-corrected chi connectivity index (χ3v) is 4.22. The molecule has 0 saturated heterocycles. The Balaban J connectivity index is 1.40. The number of nitrogens with one attached hydrogen (secondary N) is 1. The molecule has 0 fully saturated rings. The highest BCUT2D eigenvalue weighted by Crippen LogP contribution is 2.22. The van der Waals surface area contributed by atoms with E-state index >= 15 is 0 Å². The highest BCUT2D eigenvalue weighted by atomic mass is 16.5. The summed E-state index contributed by atoms with van der Waals surface area (Å²) in [4.78, 5) is 12.3. The molecule has 146 valence electrons. The van der Waals surface area contributed by atoms with E-state index in [-0.39, 0.29) is 12.5 Å². The van der Waals surface area contributed by atoms with Gasteiger partial charge in [-0.2, -0.15) is 0 Å². The lowest BCUT2D eigenvalue weighted by molar-refractivity contribution is -0.118. The Kier molecular flexibility index (Phi) is 5.38. The predicted octanol–water partition coefficient (Wildman–Crippen LogP) is 3.81. The molecule has 7 heteroatoms. The van der Waals surface area contributed by atoms with E-state index in [4.69, 9.17) is 9.47 Å². The van der Waals surface area contributed by atoms with Gasteiger partial charge in [-0.15, -0.1) is 10.2 Å². The maximum atomic E-state index is 12.3. The van der Waals surface area contributed by atoms with Crippen LogP contribution >= 0.6 is 0 Å². The monoisotopic (exact) mass is 388 g/mol. The van der Waals surface area contributed by atoms with Crippen LogP contribution in [0.3, 0.4) is 0 Å². The van der Waals surface area contributed by atoms with E-state index in [9.17, 15) is 4.79 Å². The smallest absolute Gasteiger partial charge is 0.262 e. The number of carbonyl (C=O) groups is 1. The van der Waals surface area contributed by atoms with E-state index in [0.29, 0.717) is 23.9 Å². The lowest BCUT2D eigenvalue weighted by Gasteiger charge is -2.09. The normalized spacial score (nSPS) is 10.7. The topological polar surface area (TPSA) is 77.8 Å². The second kappa shape index (κ2) is 8.43. The molecule has 7 nitrogen and oxygen atoms in total. The summed E-state index contributed by atoms with van der Waals surface area (Å²) in [6.45, 7) is 2.44. The highest BCUT2D eigenvalue weighted by Gasteiger charge is 2.09. The molecule has 2 aromatic heterocycles. The Bertz CT molecular complexity index is 1120. The van der Waals surface area contributed by atoms with Crippen LogP contribution in [-0.2, 0) is 4.79 Å². The third-order valence-electron chi connectivity index (χ3n) is 4.22. The Morgan fingerprint density at radius 3 is 2.55 bits per heavy atom. The van der Waals surface area contributed by atoms with E-state index in [1.807, 2.05) is 72.1 Å². The van der Waals surface area contributed by atoms with Crippen LogP contribution in [0.1, 0.15) is 6.92 Å². The summed E-state index contributed by atoms with van der Waals surface area (Å²) >= 11 is 0. The van der Waals surface area contributed by atoms with Crippen molar-refractivity contribution in [3.05, 3.63) is 72.9 Å². The van der Waals surface area contributed by atoms with Gasteiger partial charge in [-0.3, -0.25) is 9.20 Å². The van der Waals surface area contributed by atoms with Gasteiger partial charge in [-0.25, -0.2) is 0 Å². The molecule has 0 saturated carbocycles. The molecule has 1 amide bonds. The predicted molar refractivity (Wildman–Crippen MR) is 110 cm³/mol. The number of anilines is 1. The van der Waals surface area contributed by atoms with Gasteiger partial charge in [-0.1, -0.05) is 18.2 Å². The molecular formula is C22H20N4O3. The van der Waals surface area contributed by atoms with Crippen molar-refractivity contribution in [1.82, 2.24) is 14.6 Å². The van der Waals surface area contributed by atoms with Crippen molar-refractivity contribution < 1.29 is 14.3 Å². The number of hydrogen-bond acceptors (Lipinski definition) is 5. The summed E-state index contributed by atoms with van der Waals surface area (Å²) < 4.78 is 12.8. The standard InChI is InChI=1S/C22H20N4O3/c1-2-28-18-9-11-19(12-10-18)29-15-21(27)23-17-7-5-6-16(14-17)22-25-24-20-8-3-4-13-26(20)22/h3-14H,2,15H2,1H3,(H,23,27). The second-order valence-electron chi connectivity index (χ2n) is 6.27. The van der Waals surface area contributed by atoms with Crippen LogP contribution in [0.5, 0.6) is 11.5 Å². The molecule has 0 atom stereocenters. The first-order valence-electron chi connectivity index (χ1n) is 9.28. The summed E-state index contributed by atoms with van der Waals surface area (Å²) in [7, 11) is 0. The van der Waals surface area contributed by atoms with E-state index in [1.165, 1.54) is 0 Å². The molecule has 29 heavy (non-hydrogen) atoms. The number of amides is 1. The van der Waals surface area contributed by atoms with Crippen LogP contribution in [0.15, 0.2) is 72.9 Å². The summed E-state index contributed by atoms with van der Waals surface area (Å²) in [6.07, 6.45) is 1.90. The van der Waals surface area contributed by atoms with Crippen molar-refractivity contribution in [2.24, 2.45) is 0 Å². The van der Waals surface area contributed by atoms with E-state index in [2.05, 4.69) is 15.5 Å². The van der Waals surface area contributed by atoms with Gasteiger partial charge in [0, 0.05) is 17.4 Å². The average molecular weight is 388 g/mol. The highest BCUT2D eigenvalue weighted by molar-refractivity contribution is 5.92. The van der Waals surface area contributed by atoms with E-state index in [1.54, 1.807) is 12.1 Å². The Morgan fingerprint density at radius 2 is 1.76 bits per heavy atom. The van der Waals surface area contributed by atoms with Gasteiger partial charge in [0.1, 0.15) is 11.5 Å². The van der Waals surface area contributed by atoms with Gasteiger partial charge in [0.25, 0.3) is 5.91 Å². The van der Waals surface area contributed by atoms with Crippen LogP contribution in [-0.4, -0.2) is 33.7 Å². The first-order chi connectivity index (χ1) is 14.2. The van der Waals surface area contributed by atoms with Crippen LogP contribution in [0.4, 0.5) is 5.69 Å². The molecule has 0 unspecified atom stereocenters. The number of ether oxygens (including phenoxy) is 2. The summed E-state index contributed by atoms with van der Waals surface area (Å²) in [5.41, 5.74) is 2.28. The Hall–Kier alpha value is -3.87. The first kappa shape index (κ1) is 18.5. The van der Waals surface area contributed by atoms with Gasteiger partial charge in [-0.05, 0) is 55.5 Å². The van der Waals surface area contributed by atoms with Gasteiger partial charge in [0.2, 0.25) is 0 Å². The molecule has 0 aliphatic carbocycles. The lowest BCUT2D eigenvalue weighted by atomic mass is 10.2. The zero-order valence-corrected chi connectivity index (χ0v) is 15.9. The fourth-order valence-corrected chi connectivity index (χ4v) is 2.92.